The first-order valence-corrected chi connectivity index (χ1v) is 11.3. The van der Waals surface area contributed by atoms with Gasteiger partial charge in [0.1, 0.15) is 5.82 Å². The molecule has 6 nitrogen and oxygen atoms in total. The number of hydrogen-bond donors (Lipinski definition) is 1. The van der Waals surface area contributed by atoms with Crippen molar-refractivity contribution >= 4 is 41.0 Å². The fourth-order valence-corrected chi connectivity index (χ4v) is 3.62. The highest BCUT2D eigenvalue weighted by Crippen LogP contribution is 2.27. The Morgan fingerprint density at radius 2 is 1.85 bits per heavy atom. The molecule has 0 bridgehead atoms. The third-order valence-electron chi connectivity index (χ3n) is 4.85. The Hall–Kier alpha value is -2.90. The molecule has 2 amide bonds. The minimum atomic E-state index is -0.550. The quantitative estimate of drug-likeness (QED) is 0.432. The van der Waals surface area contributed by atoms with Crippen molar-refractivity contribution in [3.8, 4) is 16.9 Å². The Balaban J connectivity index is 1.94. The molecule has 0 fully saturated rings. The molecule has 0 unspecified atom stereocenters. The van der Waals surface area contributed by atoms with E-state index in [2.05, 4.69) is 10.3 Å². The zero-order chi connectivity index (χ0) is 24.1. The van der Waals surface area contributed by atoms with Crippen LogP contribution >= 0.6 is 23.2 Å². The smallest absolute Gasteiger partial charge is 0.246 e. The predicted octanol–water partition coefficient (Wildman–Crippen LogP) is 5.82. The van der Waals surface area contributed by atoms with Crippen LogP contribution in [-0.2, 0) is 9.59 Å². The maximum absolute atomic E-state index is 13.7. The Bertz CT molecular complexity index is 1150. The van der Waals surface area contributed by atoms with Crippen LogP contribution in [0.4, 0.5) is 10.3 Å². The summed E-state index contributed by atoms with van der Waals surface area (Å²) in [4.78, 5) is 31.2. The zero-order valence-corrected chi connectivity index (χ0v) is 20.1. The van der Waals surface area contributed by atoms with Crippen molar-refractivity contribution in [1.29, 1.82) is 0 Å². The minimum absolute atomic E-state index is 0.0526. The van der Waals surface area contributed by atoms with Crippen LogP contribution in [0.25, 0.3) is 16.9 Å². The Kier molecular flexibility index (Phi) is 8.10. The summed E-state index contributed by atoms with van der Waals surface area (Å²) in [5, 5.41) is 3.32. The Morgan fingerprint density at radius 3 is 2.45 bits per heavy atom. The number of carbonyl (C=O) groups excluding carboxylic acids is 2. The molecular formula is C24H25Cl2FN4O2. The van der Waals surface area contributed by atoms with Gasteiger partial charge in [-0.25, -0.2) is 9.37 Å². The van der Waals surface area contributed by atoms with E-state index >= 15 is 0 Å². The molecule has 1 aromatic heterocycles. The van der Waals surface area contributed by atoms with Crippen LogP contribution in [-0.4, -0.2) is 39.4 Å². The van der Waals surface area contributed by atoms with Crippen LogP contribution in [0.15, 0.2) is 48.7 Å². The lowest BCUT2D eigenvalue weighted by molar-refractivity contribution is -0.134. The second-order valence-corrected chi connectivity index (χ2v) is 8.84. The molecule has 9 heteroatoms. The molecule has 33 heavy (non-hydrogen) atoms. The second kappa shape index (κ2) is 10.8. The number of hydrogen-bond acceptors (Lipinski definition) is 3. The summed E-state index contributed by atoms with van der Waals surface area (Å²) in [5.41, 5.74) is 1.88. The molecule has 3 rings (SSSR count). The molecule has 2 aromatic carbocycles. The first-order valence-electron chi connectivity index (χ1n) is 10.6. The summed E-state index contributed by atoms with van der Waals surface area (Å²) in [6, 6.07) is 11.3. The number of anilines is 1. The molecule has 0 aliphatic rings. The molecule has 0 saturated carbocycles. The Labute approximate surface area is 202 Å². The largest absolute Gasteiger partial charge is 0.333 e. The number of nitrogens with zero attached hydrogens (tertiary/aromatic N) is 3. The fourth-order valence-electron chi connectivity index (χ4n) is 3.32. The van der Waals surface area contributed by atoms with Crippen molar-refractivity contribution in [2.75, 3.05) is 18.4 Å². The standard InChI is InChI=1S/C24H25Cl2FN4O2/c1-4-23(33)30(12-15(2)3)14-22(32)29-24-28-21(16-5-7-17(25)8-6-16)13-31(24)18-9-10-20(27)19(26)11-18/h5-11,13,15H,4,12,14H2,1-3H3,(H,28,29,32). The van der Waals surface area contributed by atoms with Gasteiger partial charge in [0.2, 0.25) is 17.8 Å². The molecule has 0 aliphatic heterocycles. The van der Waals surface area contributed by atoms with Gasteiger partial charge in [0.05, 0.1) is 22.9 Å². The maximum atomic E-state index is 13.7. The summed E-state index contributed by atoms with van der Waals surface area (Å²) in [6.45, 7) is 6.10. The van der Waals surface area contributed by atoms with E-state index in [9.17, 15) is 14.0 Å². The van der Waals surface area contributed by atoms with Crippen LogP contribution in [0.1, 0.15) is 27.2 Å². The average Bonchev–Trinajstić information content (AvgIpc) is 3.18. The van der Waals surface area contributed by atoms with Crippen LogP contribution in [0.2, 0.25) is 10.0 Å². The number of benzene rings is 2. The summed E-state index contributed by atoms with van der Waals surface area (Å²) < 4.78 is 15.3. The van der Waals surface area contributed by atoms with Gasteiger partial charge < -0.3 is 4.90 Å². The first kappa shape index (κ1) is 24.7. The van der Waals surface area contributed by atoms with E-state index in [1.165, 1.54) is 23.1 Å². The SMILES string of the molecule is CCC(=O)N(CC(=O)Nc1nc(-c2ccc(Cl)cc2)cn1-c1ccc(F)c(Cl)c1)CC(C)C. The monoisotopic (exact) mass is 490 g/mol. The van der Waals surface area contributed by atoms with Crippen molar-refractivity contribution in [2.45, 2.75) is 27.2 Å². The van der Waals surface area contributed by atoms with Crippen LogP contribution in [0, 0.1) is 11.7 Å². The zero-order valence-electron chi connectivity index (χ0n) is 18.6. The summed E-state index contributed by atoms with van der Waals surface area (Å²) in [5.74, 6) is -0.602. The van der Waals surface area contributed by atoms with E-state index < -0.39 is 5.82 Å². The van der Waals surface area contributed by atoms with Gasteiger partial charge in [-0.1, -0.05) is 56.1 Å². The van der Waals surface area contributed by atoms with Gasteiger partial charge >= 0.3 is 0 Å². The summed E-state index contributed by atoms with van der Waals surface area (Å²) in [6.07, 6.45) is 2.02. The van der Waals surface area contributed by atoms with Gasteiger partial charge in [-0.05, 0) is 36.2 Å². The van der Waals surface area contributed by atoms with Crippen molar-refractivity contribution < 1.29 is 14.0 Å². The molecule has 0 radical (unpaired) electrons. The molecule has 1 N–H and O–H groups in total. The molecule has 0 aliphatic carbocycles. The third kappa shape index (κ3) is 6.33. The molecule has 1 heterocycles. The van der Waals surface area contributed by atoms with Gasteiger partial charge in [0, 0.05) is 29.7 Å². The number of carbonyl (C=O) groups is 2. The number of amides is 2. The van der Waals surface area contributed by atoms with Crippen LogP contribution in [0.3, 0.4) is 0 Å². The molecular weight excluding hydrogens is 466 g/mol. The average molecular weight is 491 g/mol. The highest BCUT2D eigenvalue weighted by atomic mass is 35.5. The van der Waals surface area contributed by atoms with Gasteiger partial charge in [0.15, 0.2) is 0 Å². The van der Waals surface area contributed by atoms with Crippen molar-refractivity contribution in [2.24, 2.45) is 5.92 Å². The summed E-state index contributed by atoms with van der Waals surface area (Å²) in [7, 11) is 0. The van der Waals surface area contributed by atoms with Crippen molar-refractivity contribution in [1.82, 2.24) is 14.5 Å². The van der Waals surface area contributed by atoms with E-state index in [-0.39, 0.29) is 35.2 Å². The Morgan fingerprint density at radius 1 is 1.15 bits per heavy atom. The molecule has 3 aromatic rings. The maximum Gasteiger partial charge on any atom is 0.246 e. The summed E-state index contributed by atoms with van der Waals surface area (Å²) >= 11 is 12.0. The first-order chi connectivity index (χ1) is 15.7. The van der Waals surface area contributed by atoms with Crippen molar-refractivity contribution in [3.63, 3.8) is 0 Å². The number of aromatic nitrogens is 2. The van der Waals surface area contributed by atoms with Gasteiger partial charge in [-0.2, -0.15) is 0 Å². The highest BCUT2D eigenvalue weighted by Gasteiger charge is 2.20. The number of imidazole rings is 1. The lowest BCUT2D eigenvalue weighted by Gasteiger charge is -2.23. The molecule has 0 spiro atoms. The van der Waals surface area contributed by atoms with Gasteiger partial charge in [0.25, 0.3) is 0 Å². The predicted molar refractivity (Wildman–Crippen MR) is 129 cm³/mol. The van der Waals surface area contributed by atoms with E-state index in [4.69, 9.17) is 23.2 Å². The van der Waals surface area contributed by atoms with Crippen LogP contribution < -0.4 is 5.32 Å². The lowest BCUT2D eigenvalue weighted by Crippen LogP contribution is -2.40. The number of halogens is 3. The normalized spacial score (nSPS) is 11.0. The lowest BCUT2D eigenvalue weighted by atomic mass is 10.2. The molecule has 0 saturated heterocycles. The molecule has 0 atom stereocenters. The topological polar surface area (TPSA) is 67.2 Å². The third-order valence-corrected chi connectivity index (χ3v) is 5.40. The number of rotatable bonds is 8. The minimum Gasteiger partial charge on any atom is -0.333 e. The number of nitrogens with one attached hydrogen (secondary N) is 1. The van der Waals surface area contributed by atoms with E-state index in [1.54, 1.807) is 29.8 Å². The van der Waals surface area contributed by atoms with Gasteiger partial charge in [-0.15, -0.1) is 0 Å². The fraction of sp³-hybridized carbons (Fsp3) is 0.292. The van der Waals surface area contributed by atoms with E-state index in [1.807, 2.05) is 26.0 Å². The molecule has 174 valence electrons. The van der Waals surface area contributed by atoms with E-state index in [0.717, 1.165) is 5.56 Å². The van der Waals surface area contributed by atoms with Crippen molar-refractivity contribution in [3.05, 3.63) is 64.5 Å². The van der Waals surface area contributed by atoms with Crippen LogP contribution in [0.5, 0.6) is 0 Å². The second-order valence-electron chi connectivity index (χ2n) is 7.99. The van der Waals surface area contributed by atoms with Gasteiger partial charge in [-0.3, -0.25) is 19.5 Å². The highest BCUT2D eigenvalue weighted by molar-refractivity contribution is 6.31. The van der Waals surface area contributed by atoms with E-state index in [0.29, 0.717) is 29.4 Å².